The van der Waals surface area contributed by atoms with Gasteiger partial charge in [0, 0.05) is 14.5 Å². The van der Waals surface area contributed by atoms with E-state index in [1.807, 2.05) is 54.6 Å². The van der Waals surface area contributed by atoms with Gasteiger partial charge in [0.25, 0.3) is 0 Å². The van der Waals surface area contributed by atoms with Crippen LogP contribution in [0, 0.1) is 0 Å². The van der Waals surface area contributed by atoms with Crippen LogP contribution in [0.5, 0.6) is 5.75 Å². The Kier molecular flexibility index (Phi) is 6.06. The number of hydrogen-bond acceptors (Lipinski definition) is 3. The van der Waals surface area contributed by atoms with E-state index in [-0.39, 0.29) is 12.3 Å². The van der Waals surface area contributed by atoms with Crippen molar-refractivity contribution in [3.63, 3.8) is 0 Å². The lowest BCUT2D eigenvalue weighted by atomic mass is 10.0. The molecule has 0 unspecified atom stereocenters. The molecule has 0 aliphatic rings. The second-order valence-corrected chi connectivity index (χ2v) is 7.38. The molecule has 4 nitrogen and oxygen atoms in total. The van der Waals surface area contributed by atoms with E-state index >= 15 is 0 Å². The normalized spacial score (nSPS) is 11.0. The lowest BCUT2D eigenvalue weighted by Crippen LogP contribution is -2.20. The number of amides is 1. The van der Waals surface area contributed by atoms with E-state index in [9.17, 15) is 4.79 Å². The average molecular weight is 476 g/mol. The molecule has 6 heteroatoms. The summed E-state index contributed by atoms with van der Waals surface area (Å²) >= 11 is 6.96. The zero-order valence-electron chi connectivity index (χ0n) is 14.0. The highest BCUT2D eigenvalue weighted by Gasteiger charge is 2.08. The number of nitrogens with zero attached hydrogens (tertiary/aromatic N) is 1. The van der Waals surface area contributed by atoms with Crippen LogP contribution in [0.25, 0.3) is 10.8 Å². The van der Waals surface area contributed by atoms with Crippen LogP contribution in [0.4, 0.5) is 0 Å². The van der Waals surface area contributed by atoms with Gasteiger partial charge in [-0.2, -0.15) is 5.10 Å². The van der Waals surface area contributed by atoms with Gasteiger partial charge in [-0.05, 0) is 40.6 Å². The Morgan fingerprint density at radius 3 is 2.65 bits per heavy atom. The molecule has 0 spiro atoms. The molecule has 0 saturated heterocycles. The summed E-state index contributed by atoms with van der Waals surface area (Å²) in [6, 6.07) is 17.5. The fourth-order valence-corrected chi connectivity index (χ4v) is 3.53. The summed E-state index contributed by atoms with van der Waals surface area (Å²) in [5.74, 6) is 0.507. The minimum absolute atomic E-state index is 0.178. The maximum absolute atomic E-state index is 12.3. The van der Waals surface area contributed by atoms with Crippen LogP contribution < -0.4 is 10.2 Å². The molecule has 0 fully saturated rings. The van der Waals surface area contributed by atoms with E-state index in [4.69, 9.17) is 4.74 Å². The number of hydrogen-bond donors (Lipinski definition) is 1. The van der Waals surface area contributed by atoms with Crippen molar-refractivity contribution in [3.05, 3.63) is 74.7 Å². The van der Waals surface area contributed by atoms with Gasteiger partial charge in [0.2, 0.25) is 5.91 Å². The summed E-state index contributed by atoms with van der Waals surface area (Å²) in [5.41, 5.74) is 4.31. The van der Waals surface area contributed by atoms with Gasteiger partial charge in [0.05, 0.1) is 19.7 Å². The lowest BCUT2D eigenvalue weighted by Gasteiger charge is -2.08. The molecule has 0 radical (unpaired) electrons. The molecular weight excluding hydrogens is 460 g/mol. The topological polar surface area (TPSA) is 50.7 Å². The number of benzene rings is 3. The predicted octanol–water partition coefficient (Wildman–Crippen LogP) is 5.07. The molecule has 0 heterocycles. The van der Waals surface area contributed by atoms with Crippen molar-refractivity contribution in [2.45, 2.75) is 6.42 Å². The minimum Gasteiger partial charge on any atom is -0.496 e. The van der Waals surface area contributed by atoms with Crippen molar-refractivity contribution >= 4 is 54.8 Å². The zero-order valence-corrected chi connectivity index (χ0v) is 17.2. The number of carbonyl (C=O) groups is 1. The first-order valence-electron chi connectivity index (χ1n) is 7.90. The molecule has 132 valence electrons. The van der Waals surface area contributed by atoms with Crippen LogP contribution in [0.3, 0.4) is 0 Å². The maximum Gasteiger partial charge on any atom is 0.244 e. The smallest absolute Gasteiger partial charge is 0.244 e. The number of methoxy groups -OCH3 is 1. The number of hydrazone groups is 1. The molecule has 0 atom stereocenters. The number of nitrogens with one attached hydrogen (secondary N) is 1. The third kappa shape index (κ3) is 4.31. The fourth-order valence-electron chi connectivity index (χ4n) is 2.67. The highest BCUT2D eigenvalue weighted by Crippen LogP contribution is 2.27. The van der Waals surface area contributed by atoms with Gasteiger partial charge < -0.3 is 4.74 Å². The summed E-state index contributed by atoms with van der Waals surface area (Å²) in [7, 11) is 1.60. The largest absolute Gasteiger partial charge is 0.496 e. The van der Waals surface area contributed by atoms with Crippen molar-refractivity contribution in [2.24, 2.45) is 5.10 Å². The first kappa shape index (κ1) is 18.6. The second-order valence-electron chi connectivity index (χ2n) is 5.61. The monoisotopic (exact) mass is 474 g/mol. The van der Waals surface area contributed by atoms with Crippen LogP contribution in [0.15, 0.2) is 68.6 Å². The molecule has 0 aromatic heterocycles. The number of carbonyl (C=O) groups excluding carboxylic acids is 1. The van der Waals surface area contributed by atoms with Gasteiger partial charge >= 0.3 is 0 Å². The number of rotatable bonds is 5. The number of ether oxygens (including phenoxy) is 1. The van der Waals surface area contributed by atoms with E-state index in [1.54, 1.807) is 13.3 Å². The van der Waals surface area contributed by atoms with E-state index < -0.39 is 0 Å². The summed E-state index contributed by atoms with van der Waals surface area (Å²) in [5, 5.41) is 6.18. The highest BCUT2D eigenvalue weighted by molar-refractivity contribution is 9.11. The first-order chi connectivity index (χ1) is 12.6. The molecule has 3 aromatic carbocycles. The molecule has 0 aliphatic heterocycles. The summed E-state index contributed by atoms with van der Waals surface area (Å²) in [4.78, 5) is 12.3. The molecule has 3 aromatic rings. The third-order valence-electron chi connectivity index (χ3n) is 3.90. The van der Waals surface area contributed by atoms with Crippen LogP contribution >= 0.6 is 31.9 Å². The van der Waals surface area contributed by atoms with Crippen LogP contribution in [-0.4, -0.2) is 19.2 Å². The maximum atomic E-state index is 12.3. The molecule has 3 rings (SSSR count). The van der Waals surface area contributed by atoms with Crippen molar-refractivity contribution in [1.29, 1.82) is 0 Å². The Bertz CT molecular complexity index is 987. The Balaban J connectivity index is 1.72. The lowest BCUT2D eigenvalue weighted by molar-refractivity contribution is -0.120. The number of halogens is 2. The standard InChI is InChI=1S/C20H16Br2N2O2/c1-26-19-9-7-15(21)10-14(19)12-23-24-20(25)11-13-6-8-18(22)17-5-3-2-4-16(13)17/h2-10,12H,11H2,1H3,(H,24,25)/b23-12-. The Morgan fingerprint density at radius 1 is 1.12 bits per heavy atom. The summed E-state index contributed by atoms with van der Waals surface area (Å²) < 4.78 is 7.20. The highest BCUT2D eigenvalue weighted by atomic mass is 79.9. The molecule has 0 saturated carbocycles. The van der Waals surface area contributed by atoms with Gasteiger partial charge in [-0.25, -0.2) is 5.43 Å². The van der Waals surface area contributed by atoms with Gasteiger partial charge in [-0.3, -0.25) is 4.79 Å². The SMILES string of the molecule is COc1ccc(Br)cc1/C=N\NC(=O)Cc1ccc(Br)c2ccccc12. The first-order valence-corrected chi connectivity index (χ1v) is 9.48. The van der Waals surface area contributed by atoms with Crippen molar-refractivity contribution in [3.8, 4) is 5.75 Å². The van der Waals surface area contributed by atoms with Crippen molar-refractivity contribution < 1.29 is 9.53 Å². The van der Waals surface area contributed by atoms with Crippen LogP contribution in [0.1, 0.15) is 11.1 Å². The van der Waals surface area contributed by atoms with Crippen LogP contribution in [0.2, 0.25) is 0 Å². The molecule has 26 heavy (non-hydrogen) atoms. The Hall–Kier alpha value is -2.18. The summed E-state index contributed by atoms with van der Waals surface area (Å²) in [6.07, 6.45) is 1.82. The van der Waals surface area contributed by atoms with Gasteiger partial charge in [-0.1, -0.05) is 62.2 Å². The van der Waals surface area contributed by atoms with Gasteiger partial charge in [-0.15, -0.1) is 0 Å². The molecule has 0 bridgehead atoms. The third-order valence-corrected chi connectivity index (χ3v) is 5.08. The van der Waals surface area contributed by atoms with Crippen molar-refractivity contribution in [2.75, 3.05) is 7.11 Å². The minimum atomic E-state index is -0.178. The molecular formula is C20H16Br2N2O2. The average Bonchev–Trinajstić information content (AvgIpc) is 2.64. The molecule has 1 amide bonds. The Labute approximate surface area is 168 Å². The zero-order chi connectivity index (χ0) is 18.5. The number of fused-ring (bicyclic) bond motifs is 1. The quantitative estimate of drug-likeness (QED) is 0.414. The Morgan fingerprint density at radius 2 is 1.88 bits per heavy atom. The summed E-state index contributed by atoms with van der Waals surface area (Å²) in [6.45, 7) is 0. The predicted molar refractivity (Wildman–Crippen MR) is 112 cm³/mol. The van der Waals surface area contributed by atoms with E-state index in [1.165, 1.54) is 0 Å². The molecule has 0 aliphatic carbocycles. The van der Waals surface area contributed by atoms with E-state index in [0.29, 0.717) is 5.75 Å². The van der Waals surface area contributed by atoms with E-state index in [0.717, 1.165) is 30.8 Å². The van der Waals surface area contributed by atoms with Crippen LogP contribution in [-0.2, 0) is 11.2 Å². The fraction of sp³-hybridized carbons (Fsp3) is 0.100. The van der Waals surface area contributed by atoms with Crippen molar-refractivity contribution in [1.82, 2.24) is 5.43 Å². The second kappa shape index (κ2) is 8.47. The molecule has 1 N–H and O–H groups in total. The van der Waals surface area contributed by atoms with Gasteiger partial charge in [0.15, 0.2) is 0 Å². The van der Waals surface area contributed by atoms with Gasteiger partial charge in [0.1, 0.15) is 5.75 Å². The van der Waals surface area contributed by atoms with E-state index in [2.05, 4.69) is 42.4 Å².